The molecule has 2 atom stereocenters. The zero-order valence-corrected chi connectivity index (χ0v) is 13.9. The first kappa shape index (κ1) is 20.7. The smallest absolute Gasteiger partial charge is 0.273 e. The molecule has 22 heavy (non-hydrogen) atoms. The van der Waals surface area contributed by atoms with Gasteiger partial charge in [-0.1, -0.05) is 21.6 Å². The summed E-state index contributed by atoms with van der Waals surface area (Å²) in [4.78, 5) is 48.3. The van der Waals surface area contributed by atoms with E-state index < -0.39 is 23.9 Å². The van der Waals surface area contributed by atoms with E-state index in [9.17, 15) is 19.2 Å². The molecule has 0 aliphatic carbocycles. The highest BCUT2D eigenvalue weighted by Crippen LogP contribution is 2.39. The number of nitrogens with two attached hydrogens (primary N) is 2. The molecule has 0 fully saturated rings. The van der Waals surface area contributed by atoms with Crippen LogP contribution in [0, 0.1) is 0 Å². The topological polar surface area (TPSA) is 145 Å². The molecular formula is C12H18N4O4S2. The van der Waals surface area contributed by atoms with Crippen molar-refractivity contribution in [2.24, 2.45) is 21.5 Å². The first-order valence-corrected chi connectivity index (χ1v) is 8.60. The second-order valence-electron chi connectivity index (χ2n) is 4.95. The highest BCUT2D eigenvalue weighted by atomic mass is 33.1. The van der Waals surface area contributed by atoms with Crippen molar-refractivity contribution in [3.8, 4) is 0 Å². The molecule has 0 saturated carbocycles. The first-order valence-electron chi connectivity index (χ1n) is 6.28. The summed E-state index contributed by atoms with van der Waals surface area (Å²) in [6.07, 6.45) is 3.02. The van der Waals surface area contributed by atoms with Crippen LogP contribution in [-0.4, -0.2) is 46.6 Å². The van der Waals surface area contributed by atoms with E-state index in [1.165, 1.54) is 27.7 Å². The van der Waals surface area contributed by atoms with Crippen molar-refractivity contribution in [3.05, 3.63) is 0 Å². The molecule has 0 saturated heterocycles. The van der Waals surface area contributed by atoms with E-state index in [-0.39, 0.29) is 4.75 Å². The summed E-state index contributed by atoms with van der Waals surface area (Å²) in [6.45, 7) is 3.79. The first-order chi connectivity index (χ1) is 10.2. The number of amides is 2. The number of hydrogen-bond donors (Lipinski definition) is 2. The van der Waals surface area contributed by atoms with Crippen LogP contribution in [0.25, 0.3) is 0 Å². The Morgan fingerprint density at radius 1 is 1.09 bits per heavy atom. The average molecular weight is 346 g/mol. The molecule has 2 amide bonds. The molecule has 0 aromatic carbocycles. The van der Waals surface area contributed by atoms with Crippen LogP contribution in [0.1, 0.15) is 26.7 Å². The number of carbonyl (C=O) groups excluding carboxylic acids is 4. The summed E-state index contributed by atoms with van der Waals surface area (Å²) >= 11 is 0. The molecule has 0 aliphatic heterocycles. The van der Waals surface area contributed by atoms with Gasteiger partial charge in [-0.15, -0.1) is 9.98 Å². The van der Waals surface area contributed by atoms with Crippen molar-refractivity contribution >= 4 is 45.6 Å². The lowest BCUT2D eigenvalue weighted by molar-refractivity contribution is -0.119. The van der Waals surface area contributed by atoms with Gasteiger partial charge < -0.3 is 11.5 Å². The largest absolute Gasteiger partial charge is 0.320 e. The van der Waals surface area contributed by atoms with E-state index in [0.29, 0.717) is 18.6 Å². The van der Waals surface area contributed by atoms with Gasteiger partial charge in [0.1, 0.15) is 0 Å². The van der Waals surface area contributed by atoms with E-state index >= 15 is 0 Å². The predicted octanol–water partition coefficient (Wildman–Crippen LogP) is 0.306. The van der Waals surface area contributed by atoms with Crippen molar-refractivity contribution in [1.29, 1.82) is 0 Å². The molecular weight excluding hydrogens is 328 g/mol. The monoisotopic (exact) mass is 346 g/mol. The van der Waals surface area contributed by atoms with E-state index in [2.05, 4.69) is 9.98 Å². The number of rotatable bonds is 9. The molecule has 0 radical (unpaired) electrons. The fraction of sp³-hybridized carbons (Fsp3) is 0.667. The Balaban J connectivity index is 4.17. The minimum atomic E-state index is -0.865. The molecule has 0 aromatic heterocycles. The SMILES string of the molecule is CC(C)(CC(N)C(=O)N=C=O)SSCCC(N)C(=O)N=C=O. The van der Waals surface area contributed by atoms with Crippen molar-refractivity contribution in [2.75, 3.05) is 5.75 Å². The van der Waals surface area contributed by atoms with Gasteiger partial charge in [-0.2, -0.15) is 0 Å². The van der Waals surface area contributed by atoms with Crippen LogP contribution in [0.2, 0.25) is 0 Å². The maximum Gasteiger partial charge on any atom is 0.273 e. The number of aliphatic imine (C=N–C) groups is 2. The minimum absolute atomic E-state index is 0.328. The molecule has 0 aliphatic rings. The molecule has 8 nitrogen and oxygen atoms in total. The Kier molecular flexibility index (Phi) is 9.84. The van der Waals surface area contributed by atoms with E-state index in [1.807, 2.05) is 13.8 Å². The molecule has 0 bridgehead atoms. The molecule has 0 rings (SSSR count). The fourth-order valence-corrected chi connectivity index (χ4v) is 4.11. The minimum Gasteiger partial charge on any atom is -0.320 e. The van der Waals surface area contributed by atoms with Gasteiger partial charge in [0.25, 0.3) is 11.8 Å². The summed E-state index contributed by atoms with van der Waals surface area (Å²) in [5.41, 5.74) is 11.2. The van der Waals surface area contributed by atoms with Crippen LogP contribution in [0.3, 0.4) is 0 Å². The van der Waals surface area contributed by atoms with E-state index in [4.69, 9.17) is 11.5 Å². The third-order valence-corrected chi connectivity index (χ3v) is 5.80. The summed E-state index contributed by atoms with van der Waals surface area (Å²) < 4.78 is -0.340. The van der Waals surface area contributed by atoms with Crippen molar-refractivity contribution in [3.63, 3.8) is 0 Å². The lowest BCUT2D eigenvalue weighted by Gasteiger charge is -2.25. The molecule has 10 heteroatoms. The Labute approximate surface area is 136 Å². The second-order valence-corrected chi connectivity index (χ2v) is 8.08. The summed E-state index contributed by atoms with van der Waals surface area (Å²) in [7, 11) is 2.94. The van der Waals surface area contributed by atoms with Gasteiger partial charge in [0.2, 0.25) is 12.2 Å². The standard InChI is InChI=1S/C12H18N4O4S2/c1-12(2,5-9(14)11(20)16-7-18)22-21-4-3-8(13)10(19)15-6-17/h8-9H,3-5,13-14H2,1-2H3. The van der Waals surface area contributed by atoms with E-state index in [0.717, 1.165) is 6.08 Å². The maximum atomic E-state index is 11.3. The van der Waals surface area contributed by atoms with Crippen LogP contribution in [0.5, 0.6) is 0 Å². The summed E-state index contributed by atoms with van der Waals surface area (Å²) in [5, 5.41) is 0. The van der Waals surface area contributed by atoms with Crippen LogP contribution in [-0.2, 0) is 19.2 Å². The summed E-state index contributed by atoms with van der Waals surface area (Å²) in [6, 6.07) is -1.70. The summed E-state index contributed by atoms with van der Waals surface area (Å²) in [5.74, 6) is -0.836. The fourth-order valence-electron chi connectivity index (χ4n) is 1.41. The molecule has 0 spiro atoms. The van der Waals surface area contributed by atoms with Gasteiger partial charge in [0, 0.05) is 10.5 Å². The molecule has 4 N–H and O–H groups in total. The molecule has 2 unspecified atom stereocenters. The van der Waals surface area contributed by atoms with E-state index in [1.54, 1.807) is 0 Å². The lowest BCUT2D eigenvalue weighted by Crippen LogP contribution is -2.35. The Bertz CT molecular complexity index is 499. The van der Waals surface area contributed by atoms with Crippen LogP contribution < -0.4 is 11.5 Å². The van der Waals surface area contributed by atoms with Gasteiger partial charge in [0.05, 0.1) is 12.1 Å². The van der Waals surface area contributed by atoms with Gasteiger partial charge in [-0.25, -0.2) is 9.59 Å². The number of carbonyl (C=O) groups is 2. The van der Waals surface area contributed by atoms with Gasteiger partial charge in [-0.3, -0.25) is 9.59 Å². The normalized spacial score (nSPS) is 13.5. The van der Waals surface area contributed by atoms with Crippen LogP contribution in [0.15, 0.2) is 9.98 Å². The highest BCUT2D eigenvalue weighted by Gasteiger charge is 2.26. The average Bonchev–Trinajstić information content (AvgIpc) is 2.43. The third-order valence-electron chi connectivity index (χ3n) is 2.45. The highest BCUT2D eigenvalue weighted by molar-refractivity contribution is 8.77. The zero-order chi connectivity index (χ0) is 17.2. The zero-order valence-electron chi connectivity index (χ0n) is 12.3. The quantitative estimate of drug-likeness (QED) is 0.262. The van der Waals surface area contributed by atoms with Gasteiger partial charge in [-0.05, 0) is 26.7 Å². The van der Waals surface area contributed by atoms with Crippen molar-refractivity contribution in [2.45, 2.75) is 43.5 Å². The second kappa shape index (κ2) is 10.4. The Hall–Kier alpha value is -1.28. The Morgan fingerprint density at radius 2 is 1.59 bits per heavy atom. The molecule has 122 valence electrons. The third kappa shape index (κ3) is 8.89. The van der Waals surface area contributed by atoms with Gasteiger partial charge >= 0.3 is 0 Å². The van der Waals surface area contributed by atoms with Crippen LogP contribution in [0.4, 0.5) is 0 Å². The maximum absolute atomic E-state index is 11.3. The molecule has 0 heterocycles. The van der Waals surface area contributed by atoms with Gasteiger partial charge in [0.15, 0.2) is 0 Å². The Morgan fingerprint density at radius 3 is 2.09 bits per heavy atom. The molecule has 0 aromatic rings. The van der Waals surface area contributed by atoms with Crippen LogP contribution >= 0.6 is 21.6 Å². The van der Waals surface area contributed by atoms with Crippen molar-refractivity contribution < 1.29 is 19.2 Å². The van der Waals surface area contributed by atoms with Crippen molar-refractivity contribution in [1.82, 2.24) is 0 Å². The number of nitrogens with zero attached hydrogens (tertiary/aromatic N) is 2. The number of hydrogen-bond acceptors (Lipinski definition) is 8. The lowest BCUT2D eigenvalue weighted by atomic mass is 10.0. The number of isocyanates is 2. The predicted molar refractivity (Wildman–Crippen MR) is 85.6 cm³/mol.